The Labute approximate surface area is 170 Å². The summed E-state index contributed by atoms with van der Waals surface area (Å²) in [7, 11) is 0. The van der Waals surface area contributed by atoms with E-state index < -0.39 is 11.9 Å². The van der Waals surface area contributed by atoms with E-state index in [0.29, 0.717) is 12.0 Å². The largest absolute Gasteiger partial charge is 0.343 e. The maximum Gasteiger partial charge on any atom is 0.259 e. The van der Waals surface area contributed by atoms with Crippen LogP contribution in [0.4, 0.5) is 5.69 Å². The molecule has 7 heteroatoms. The number of hydrogen-bond donors (Lipinski definition) is 3. The Bertz CT molecular complexity index is 912. The van der Waals surface area contributed by atoms with E-state index in [-0.39, 0.29) is 25.0 Å². The van der Waals surface area contributed by atoms with E-state index in [1.807, 2.05) is 42.5 Å². The van der Waals surface area contributed by atoms with Gasteiger partial charge in [-0.2, -0.15) is 0 Å². The number of para-hydroxylation sites is 1. The summed E-state index contributed by atoms with van der Waals surface area (Å²) >= 11 is 0. The number of amides is 3. The normalized spacial score (nSPS) is 14.1. The first-order valence-corrected chi connectivity index (χ1v) is 9.80. The van der Waals surface area contributed by atoms with Crippen LogP contribution in [0.2, 0.25) is 0 Å². The number of nitrogens with one attached hydrogen (secondary N) is 2. The molecular weight excluding hydrogens is 368 g/mol. The number of hydrogen-bond acceptors (Lipinski definition) is 4. The summed E-state index contributed by atoms with van der Waals surface area (Å²) in [5, 5.41) is 5.21. The Kier molecular flexibility index (Phi) is 6.61. The number of fused-ring (bicyclic) bond motifs is 2. The summed E-state index contributed by atoms with van der Waals surface area (Å²) < 4.78 is 0. The molecule has 0 spiro atoms. The monoisotopic (exact) mass is 394 g/mol. The molecule has 0 aromatic heterocycles. The number of anilines is 1. The fourth-order valence-electron chi connectivity index (χ4n) is 3.57. The van der Waals surface area contributed by atoms with Gasteiger partial charge in [-0.15, -0.1) is 0 Å². The molecule has 2 aromatic rings. The minimum atomic E-state index is -0.696. The Morgan fingerprint density at radius 2 is 1.72 bits per heavy atom. The van der Waals surface area contributed by atoms with Crippen LogP contribution in [0.1, 0.15) is 34.8 Å². The van der Waals surface area contributed by atoms with Crippen LogP contribution in [0.5, 0.6) is 0 Å². The van der Waals surface area contributed by atoms with Crippen molar-refractivity contribution in [2.24, 2.45) is 5.73 Å². The van der Waals surface area contributed by atoms with Crippen molar-refractivity contribution in [1.29, 1.82) is 0 Å². The van der Waals surface area contributed by atoms with Crippen LogP contribution in [0.25, 0.3) is 0 Å². The van der Waals surface area contributed by atoms with Crippen molar-refractivity contribution >= 4 is 23.4 Å². The minimum Gasteiger partial charge on any atom is -0.343 e. The van der Waals surface area contributed by atoms with Crippen LogP contribution in [0.3, 0.4) is 0 Å². The van der Waals surface area contributed by atoms with E-state index >= 15 is 0 Å². The molecule has 152 valence electrons. The molecule has 0 fully saturated rings. The van der Waals surface area contributed by atoms with Crippen molar-refractivity contribution in [3.63, 3.8) is 0 Å². The van der Waals surface area contributed by atoms with Crippen molar-refractivity contribution < 1.29 is 14.4 Å². The van der Waals surface area contributed by atoms with Gasteiger partial charge in [-0.1, -0.05) is 43.3 Å². The second-order valence-electron chi connectivity index (χ2n) is 6.95. The zero-order valence-electron chi connectivity index (χ0n) is 16.5. The van der Waals surface area contributed by atoms with Crippen LogP contribution in [-0.2, 0) is 22.4 Å². The molecule has 0 bridgehead atoms. The summed E-state index contributed by atoms with van der Waals surface area (Å²) in [4.78, 5) is 39.6. The second-order valence-corrected chi connectivity index (χ2v) is 6.95. The van der Waals surface area contributed by atoms with E-state index in [4.69, 9.17) is 5.73 Å². The zero-order valence-corrected chi connectivity index (χ0v) is 16.5. The van der Waals surface area contributed by atoms with E-state index in [9.17, 15) is 14.4 Å². The number of aryl methyl sites for hydroxylation is 2. The maximum atomic E-state index is 13.3. The Hall–Kier alpha value is -3.19. The van der Waals surface area contributed by atoms with Gasteiger partial charge in [0, 0.05) is 11.3 Å². The second kappa shape index (κ2) is 9.34. The number of nitrogens with zero attached hydrogens (tertiary/aromatic N) is 1. The van der Waals surface area contributed by atoms with Crippen LogP contribution in [0.15, 0.2) is 48.5 Å². The third-order valence-corrected chi connectivity index (χ3v) is 5.08. The summed E-state index contributed by atoms with van der Waals surface area (Å²) in [5.74, 6) is -0.958. The van der Waals surface area contributed by atoms with Crippen molar-refractivity contribution in [3.8, 4) is 0 Å². The van der Waals surface area contributed by atoms with E-state index in [1.165, 1.54) is 4.90 Å². The first-order chi connectivity index (χ1) is 14.0. The summed E-state index contributed by atoms with van der Waals surface area (Å²) in [6.45, 7) is 1.63. The van der Waals surface area contributed by atoms with Gasteiger partial charge in [-0.05, 0) is 42.5 Å². The van der Waals surface area contributed by atoms with Crippen molar-refractivity contribution in [2.75, 3.05) is 18.1 Å². The molecule has 3 rings (SSSR count). The third-order valence-electron chi connectivity index (χ3n) is 5.08. The Morgan fingerprint density at radius 3 is 2.45 bits per heavy atom. The molecule has 29 heavy (non-hydrogen) atoms. The van der Waals surface area contributed by atoms with Gasteiger partial charge in [0.1, 0.15) is 12.6 Å². The average Bonchev–Trinajstić information content (AvgIpc) is 2.73. The van der Waals surface area contributed by atoms with Crippen LogP contribution >= 0.6 is 0 Å². The quantitative estimate of drug-likeness (QED) is 0.644. The predicted molar refractivity (Wildman–Crippen MR) is 111 cm³/mol. The van der Waals surface area contributed by atoms with Gasteiger partial charge < -0.3 is 16.4 Å². The molecule has 1 aliphatic heterocycles. The van der Waals surface area contributed by atoms with E-state index in [1.54, 1.807) is 13.0 Å². The van der Waals surface area contributed by atoms with Gasteiger partial charge in [0.25, 0.3) is 5.91 Å². The van der Waals surface area contributed by atoms with Crippen LogP contribution in [0, 0.1) is 0 Å². The third kappa shape index (κ3) is 4.63. The van der Waals surface area contributed by atoms with Gasteiger partial charge in [0.15, 0.2) is 0 Å². The number of nitrogens with two attached hydrogens (primary N) is 1. The SMILES string of the molecule is CCC(NC(=O)CN1C(=O)c2ccccc2CCc2ccccc21)C(=O)NCN. The molecule has 4 N–H and O–H groups in total. The zero-order chi connectivity index (χ0) is 20.8. The molecule has 1 aliphatic rings. The topological polar surface area (TPSA) is 105 Å². The molecule has 0 saturated heterocycles. The molecule has 0 radical (unpaired) electrons. The van der Waals surface area contributed by atoms with Gasteiger partial charge in [-0.25, -0.2) is 0 Å². The molecule has 1 unspecified atom stereocenters. The molecule has 2 aromatic carbocycles. The summed E-state index contributed by atoms with van der Waals surface area (Å²) in [6.07, 6.45) is 1.95. The maximum absolute atomic E-state index is 13.3. The van der Waals surface area contributed by atoms with Crippen molar-refractivity contribution in [3.05, 3.63) is 65.2 Å². The minimum absolute atomic E-state index is 0.0000257. The number of carbonyl (C=O) groups excluding carboxylic acids is 3. The highest BCUT2D eigenvalue weighted by atomic mass is 16.2. The molecule has 0 saturated carbocycles. The highest BCUT2D eigenvalue weighted by Crippen LogP contribution is 2.28. The standard InChI is InChI=1S/C22H26N4O3/c1-2-18(21(28)24-14-23)25-20(27)13-26-19-10-6-4-8-16(19)12-11-15-7-3-5-9-17(15)22(26)29/h3-10,18H,2,11-14,23H2,1H3,(H,24,28)(H,25,27). The first kappa shape index (κ1) is 20.5. The van der Waals surface area contributed by atoms with E-state index in [2.05, 4.69) is 10.6 Å². The molecule has 3 amide bonds. The lowest BCUT2D eigenvalue weighted by Gasteiger charge is -2.28. The van der Waals surface area contributed by atoms with Gasteiger partial charge in [0.05, 0.1) is 6.67 Å². The highest BCUT2D eigenvalue weighted by Gasteiger charge is 2.28. The number of rotatable bonds is 6. The molecule has 1 heterocycles. The number of carbonyl (C=O) groups is 3. The van der Waals surface area contributed by atoms with E-state index in [0.717, 1.165) is 29.7 Å². The fourth-order valence-corrected chi connectivity index (χ4v) is 3.57. The van der Waals surface area contributed by atoms with Crippen LogP contribution in [-0.4, -0.2) is 37.0 Å². The molecule has 1 atom stereocenters. The Morgan fingerprint density at radius 1 is 1.07 bits per heavy atom. The smallest absolute Gasteiger partial charge is 0.259 e. The summed E-state index contributed by atoms with van der Waals surface area (Å²) in [5.41, 5.74) is 8.65. The summed E-state index contributed by atoms with van der Waals surface area (Å²) in [6, 6.07) is 14.4. The number of benzene rings is 2. The van der Waals surface area contributed by atoms with Crippen molar-refractivity contribution in [1.82, 2.24) is 10.6 Å². The van der Waals surface area contributed by atoms with Crippen molar-refractivity contribution in [2.45, 2.75) is 32.2 Å². The van der Waals surface area contributed by atoms with Gasteiger partial charge >= 0.3 is 0 Å². The molecular formula is C22H26N4O3. The fraction of sp³-hybridized carbons (Fsp3) is 0.318. The van der Waals surface area contributed by atoms with Crippen LogP contribution < -0.4 is 21.3 Å². The lowest BCUT2D eigenvalue weighted by Crippen LogP contribution is -2.51. The van der Waals surface area contributed by atoms with Gasteiger partial charge in [-0.3, -0.25) is 19.3 Å². The van der Waals surface area contributed by atoms with Gasteiger partial charge in [0.2, 0.25) is 11.8 Å². The lowest BCUT2D eigenvalue weighted by molar-refractivity contribution is -0.128. The lowest BCUT2D eigenvalue weighted by atomic mass is 9.95. The Balaban J connectivity index is 1.88. The predicted octanol–water partition coefficient (Wildman–Crippen LogP) is 1.36. The average molecular weight is 394 g/mol. The molecule has 0 aliphatic carbocycles. The molecule has 7 nitrogen and oxygen atoms in total. The highest BCUT2D eigenvalue weighted by molar-refractivity contribution is 6.10. The first-order valence-electron chi connectivity index (χ1n) is 9.80.